The smallest absolute Gasteiger partial charge is 0.253 e. The first-order valence-electron chi connectivity index (χ1n) is 13.5. The highest BCUT2D eigenvalue weighted by Crippen LogP contribution is 2.38. The lowest BCUT2D eigenvalue weighted by Gasteiger charge is -2.28. The maximum absolute atomic E-state index is 13.1. The van der Waals surface area contributed by atoms with Crippen molar-refractivity contribution in [3.8, 4) is 11.1 Å². The standard InChI is InChI=1S/C30H36N6O2/c1-18-12-20(3)34-30(37)28(18)29(31)24-13-22(21-4-5-26(33-15-21)35-9-7-32-8-10-35)14-25-27(24)19(2)16-36(25)23-6-11-38-17-23/h4-5,12-16,23,29,32H,6-11,17,31H2,1-3H3,(H,34,37). The molecule has 0 amide bonds. The monoisotopic (exact) mass is 512 g/mol. The van der Waals surface area contributed by atoms with Crippen molar-refractivity contribution in [2.75, 3.05) is 44.3 Å². The summed E-state index contributed by atoms with van der Waals surface area (Å²) in [6.07, 6.45) is 5.14. The van der Waals surface area contributed by atoms with E-state index in [1.807, 2.05) is 26.1 Å². The summed E-state index contributed by atoms with van der Waals surface area (Å²) in [4.78, 5) is 23.2. The van der Waals surface area contributed by atoms with Gasteiger partial charge in [-0.15, -0.1) is 0 Å². The van der Waals surface area contributed by atoms with Crippen LogP contribution in [0, 0.1) is 20.8 Å². The molecule has 6 rings (SSSR count). The van der Waals surface area contributed by atoms with Gasteiger partial charge in [0.25, 0.3) is 5.56 Å². The number of fused-ring (bicyclic) bond motifs is 1. The van der Waals surface area contributed by atoms with Gasteiger partial charge < -0.3 is 30.2 Å². The Morgan fingerprint density at radius 2 is 1.89 bits per heavy atom. The quantitative estimate of drug-likeness (QED) is 0.377. The van der Waals surface area contributed by atoms with Crippen LogP contribution in [0.1, 0.15) is 46.5 Å². The average Bonchev–Trinajstić information content (AvgIpc) is 3.56. The van der Waals surface area contributed by atoms with E-state index in [-0.39, 0.29) is 11.6 Å². The Hall–Kier alpha value is -3.46. The van der Waals surface area contributed by atoms with E-state index in [9.17, 15) is 4.79 Å². The molecule has 2 fully saturated rings. The summed E-state index contributed by atoms with van der Waals surface area (Å²) in [6, 6.07) is 10.3. The van der Waals surface area contributed by atoms with Gasteiger partial charge in [-0.25, -0.2) is 4.98 Å². The number of aromatic nitrogens is 3. The number of nitrogens with zero attached hydrogens (tertiary/aromatic N) is 3. The van der Waals surface area contributed by atoms with Gasteiger partial charge in [-0.2, -0.15) is 0 Å². The Morgan fingerprint density at radius 1 is 1.08 bits per heavy atom. The molecule has 198 valence electrons. The fourth-order valence-electron chi connectivity index (χ4n) is 6.12. The van der Waals surface area contributed by atoms with E-state index < -0.39 is 6.04 Å². The normalized spacial score (nSPS) is 18.8. The molecular weight excluding hydrogens is 476 g/mol. The number of aryl methyl sites for hydroxylation is 3. The second-order valence-corrected chi connectivity index (χ2v) is 10.7. The second-order valence-electron chi connectivity index (χ2n) is 10.7. The highest BCUT2D eigenvalue weighted by molar-refractivity contribution is 5.92. The number of anilines is 1. The molecule has 0 saturated carbocycles. The van der Waals surface area contributed by atoms with Crippen LogP contribution in [0.4, 0.5) is 5.82 Å². The molecule has 0 radical (unpaired) electrons. The zero-order chi connectivity index (χ0) is 26.4. The van der Waals surface area contributed by atoms with Crippen LogP contribution in [0.3, 0.4) is 0 Å². The molecule has 4 N–H and O–H groups in total. The Balaban J connectivity index is 1.50. The molecule has 2 aliphatic rings. The third-order valence-electron chi connectivity index (χ3n) is 8.03. The Morgan fingerprint density at radius 3 is 2.58 bits per heavy atom. The zero-order valence-electron chi connectivity index (χ0n) is 22.4. The van der Waals surface area contributed by atoms with Crippen molar-refractivity contribution < 1.29 is 4.74 Å². The van der Waals surface area contributed by atoms with Gasteiger partial charge in [-0.3, -0.25) is 4.79 Å². The molecule has 8 heteroatoms. The minimum Gasteiger partial charge on any atom is -0.379 e. The first kappa shape index (κ1) is 24.9. The van der Waals surface area contributed by atoms with E-state index in [0.29, 0.717) is 12.2 Å². The second kappa shape index (κ2) is 10.0. The van der Waals surface area contributed by atoms with Gasteiger partial charge in [0.1, 0.15) is 5.82 Å². The van der Waals surface area contributed by atoms with Gasteiger partial charge >= 0.3 is 0 Å². The van der Waals surface area contributed by atoms with Crippen LogP contribution < -0.4 is 21.5 Å². The number of hydrogen-bond donors (Lipinski definition) is 3. The molecule has 2 atom stereocenters. The topological polar surface area (TPSA) is 101 Å². The number of nitrogens with one attached hydrogen (secondary N) is 2. The lowest BCUT2D eigenvalue weighted by Crippen LogP contribution is -2.43. The van der Waals surface area contributed by atoms with Crippen molar-refractivity contribution in [1.82, 2.24) is 19.9 Å². The molecular formula is C30H36N6O2. The van der Waals surface area contributed by atoms with Gasteiger partial charge in [0.05, 0.1) is 18.7 Å². The van der Waals surface area contributed by atoms with Crippen LogP contribution >= 0.6 is 0 Å². The Bertz CT molecular complexity index is 1530. The number of piperazine rings is 1. The SMILES string of the molecule is Cc1cc(C)c(C(N)c2cc(-c3ccc(N4CCNCC4)nc3)cc3c2c(C)cn3C2CCOC2)c(=O)[nH]1. The van der Waals surface area contributed by atoms with Crippen molar-refractivity contribution in [2.45, 2.75) is 39.3 Å². The molecule has 2 aliphatic heterocycles. The van der Waals surface area contributed by atoms with E-state index in [1.165, 1.54) is 0 Å². The first-order valence-corrected chi connectivity index (χ1v) is 13.5. The predicted molar refractivity (Wildman–Crippen MR) is 152 cm³/mol. The summed E-state index contributed by atoms with van der Waals surface area (Å²) in [5.41, 5.74) is 14.5. The van der Waals surface area contributed by atoms with E-state index in [1.54, 1.807) is 0 Å². The molecule has 38 heavy (non-hydrogen) atoms. The van der Waals surface area contributed by atoms with Crippen LogP contribution in [-0.4, -0.2) is 53.9 Å². The van der Waals surface area contributed by atoms with Gasteiger partial charge in [-0.05, 0) is 79.8 Å². The number of pyridine rings is 2. The van der Waals surface area contributed by atoms with Gasteiger partial charge in [0, 0.05) is 72.9 Å². The zero-order valence-corrected chi connectivity index (χ0v) is 22.4. The molecule has 2 unspecified atom stereocenters. The summed E-state index contributed by atoms with van der Waals surface area (Å²) in [5, 5.41) is 4.50. The third-order valence-corrected chi connectivity index (χ3v) is 8.03. The van der Waals surface area contributed by atoms with E-state index in [0.717, 1.165) is 89.4 Å². The summed E-state index contributed by atoms with van der Waals surface area (Å²) in [5.74, 6) is 0.998. The van der Waals surface area contributed by atoms with Crippen LogP contribution in [0.2, 0.25) is 0 Å². The van der Waals surface area contributed by atoms with E-state index in [4.69, 9.17) is 15.5 Å². The van der Waals surface area contributed by atoms with Crippen molar-refractivity contribution >= 4 is 16.7 Å². The minimum atomic E-state index is -0.565. The summed E-state index contributed by atoms with van der Waals surface area (Å²) in [6.45, 7) is 11.3. The number of benzene rings is 1. The van der Waals surface area contributed by atoms with Crippen LogP contribution in [0.5, 0.6) is 0 Å². The van der Waals surface area contributed by atoms with Crippen molar-refractivity contribution in [3.05, 3.63) is 81.0 Å². The fraction of sp³-hybridized carbons (Fsp3) is 0.400. The lowest BCUT2D eigenvalue weighted by atomic mass is 9.90. The van der Waals surface area contributed by atoms with Gasteiger partial charge in [0.15, 0.2) is 0 Å². The summed E-state index contributed by atoms with van der Waals surface area (Å²) >= 11 is 0. The molecule has 0 spiro atoms. The van der Waals surface area contributed by atoms with E-state index in [2.05, 4.69) is 57.2 Å². The van der Waals surface area contributed by atoms with Crippen molar-refractivity contribution in [1.29, 1.82) is 0 Å². The third kappa shape index (κ3) is 4.42. The van der Waals surface area contributed by atoms with Crippen molar-refractivity contribution in [3.63, 3.8) is 0 Å². The number of rotatable bonds is 5. The number of nitrogens with two attached hydrogens (primary N) is 1. The van der Waals surface area contributed by atoms with Gasteiger partial charge in [0.2, 0.25) is 0 Å². The van der Waals surface area contributed by atoms with Crippen LogP contribution in [0.15, 0.2) is 47.5 Å². The van der Waals surface area contributed by atoms with Crippen LogP contribution in [-0.2, 0) is 4.74 Å². The molecule has 1 aromatic carbocycles. The van der Waals surface area contributed by atoms with Crippen LogP contribution in [0.25, 0.3) is 22.0 Å². The Kier molecular flexibility index (Phi) is 6.55. The molecule has 2 saturated heterocycles. The number of H-pyrrole nitrogens is 1. The molecule has 3 aromatic heterocycles. The minimum absolute atomic E-state index is 0.128. The number of hydrogen-bond acceptors (Lipinski definition) is 6. The molecule has 8 nitrogen and oxygen atoms in total. The average molecular weight is 513 g/mol. The summed E-state index contributed by atoms with van der Waals surface area (Å²) in [7, 11) is 0. The highest BCUT2D eigenvalue weighted by Gasteiger charge is 2.25. The number of aromatic amines is 1. The lowest BCUT2D eigenvalue weighted by molar-refractivity contribution is 0.187. The summed E-state index contributed by atoms with van der Waals surface area (Å²) < 4.78 is 8.07. The molecule has 0 bridgehead atoms. The first-order chi connectivity index (χ1) is 18.4. The van der Waals surface area contributed by atoms with Crippen molar-refractivity contribution in [2.24, 2.45) is 5.73 Å². The molecule has 0 aliphatic carbocycles. The largest absolute Gasteiger partial charge is 0.379 e. The maximum Gasteiger partial charge on any atom is 0.253 e. The number of ether oxygens (including phenoxy) is 1. The fourth-order valence-corrected chi connectivity index (χ4v) is 6.12. The van der Waals surface area contributed by atoms with Gasteiger partial charge in [-0.1, -0.05) is 0 Å². The predicted octanol–water partition coefficient (Wildman–Crippen LogP) is 3.74. The Labute approximate surface area is 222 Å². The molecule has 4 aromatic rings. The highest BCUT2D eigenvalue weighted by atomic mass is 16.5. The maximum atomic E-state index is 13.1. The van der Waals surface area contributed by atoms with E-state index >= 15 is 0 Å². The molecule has 5 heterocycles.